The van der Waals surface area contributed by atoms with Gasteiger partial charge in [-0.2, -0.15) is 0 Å². The molecule has 0 aliphatic rings. The van der Waals surface area contributed by atoms with E-state index in [2.05, 4.69) is 10.1 Å². The largest absolute Gasteiger partial charge is 0.493 e. The normalized spacial score (nSPS) is 10.4. The third-order valence-corrected chi connectivity index (χ3v) is 3.87. The van der Waals surface area contributed by atoms with E-state index in [0.717, 1.165) is 0 Å². The van der Waals surface area contributed by atoms with Crippen molar-refractivity contribution in [2.45, 2.75) is 13.8 Å². The molecule has 0 aliphatic carbocycles. The lowest BCUT2D eigenvalue weighted by Crippen LogP contribution is -2.13. The van der Waals surface area contributed by atoms with Gasteiger partial charge in [0.2, 0.25) is 0 Å². The lowest BCUT2D eigenvalue weighted by Gasteiger charge is -2.15. The second-order valence-corrected chi connectivity index (χ2v) is 6.63. The van der Waals surface area contributed by atoms with Crippen molar-refractivity contribution in [2.75, 3.05) is 26.1 Å². The highest BCUT2D eigenvalue weighted by atomic mass is 35.5. The summed E-state index contributed by atoms with van der Waals surface area (Å²) in [5.74, 6) is 0.208. The maximum absolute atomic E-state index is 12.6. The number of methoxy groups -OCH3 is 2. The Labute approximate surface area is 163 Å². The summed E-state index contributed by atoms with van der Waals surface area (Å²) in [5.41, 5.74) is 1.10. The van der Waals surface area contributed by atoms with Crippen LogP contribution in [0, 0.1) is 5.92 Å². The molecule has 0 atom stereocenters. The third-order valence-electron chi connectivity index (χ3n) is 3.59. The number of hydrogen-bond donors (Lipinski definition) is 1. The van der Waals surface area contributed by atoms with Gasteiger partial charge in [-0.05, 0) is 36.2 Å². The minimum Gasteiger partial charge on any atom is -0.493 e. The highest BCUT2D eigenvalue weighted by Crippen LogP contribution is 2.37. The summed E-state index contributed by atoms with van der Waals surface area (Å²) >= 11 is 6.28. The average molecular weight is 392 g/mol. The van der Waals surface area contributed by atoms with Crippen molar-refractivity contribution in [3.05, 3.63) is 52.5 Å². The van der Waals surface area contributed by atoms with Crippen LogP contribution in [0.15, 0.2) is 36.4 Å². The number of ether oxygens (including phenoxy) is 3. The molecule has 0 saturated carbocycles. The average Bonchev–Trinajstić information content (AvgIpc) is 2.65. The number of amides is 1. The molecular formula is C20H22ClNO5. The predicted molar refractivity (Wildman–Crippen MR) is 104 cm³/mol. The highest BCUT2D eigenvalue weighted by Gasteiger charge is 2.17. The minimum atomic E-state index is -0.484. The molecule has 0 aliphatic heterocycles. The fourth-order valence-corrected chi connectivity index (χ4v) is 2.55. The van der Waals surface area contributed by atoms with E-state index in [4.69, 9.17) is 21.1 Å². The molecule has 0 saturated heterocycles. The Hall–Kier alpha value is -2.73. The molecular weight excluding hydrogens is 370 g/mol. The number of carbonyl (C=O) groups excluding carboxylic acids is 2. The van der Waals surface area contributed by atoms with Crippen LogP contribution < -0.4 is 14.8 Å². The summed E-state index contributed by atoms with van der Waals surface area (Å²) in [6, 6.07) is 9.52. The molecule has 0 aromatic heterocycles. The summed E-state index contributed by atoms with van der Waals surface area (Å²) in [7, 11) is 2.78. The predicted octanol–water partition coefficient (Wildman–Crippen LogP) is 4.42. The SMILES string of the molecule is COC(=O)c1cccc(NC(=O)c2cc(Cl)c(OCC(C)C)c(OC)c2)c1. The summed E-state index contributed by atoms with van der Waals surface area (Å²) in [6.45, 7) is 4.51. The maximum Gasteiger partial charge on any atom is 0.337 e. The quantitative estimate of drug-likeness (QED) is 0.707. The molecule has 144 valence electrons. The molecule has 0 heterocycles. The van der Waals surface area contributed by atoms with Crippen LogP contribution in [0.5, 0.6) is 11.5 Å². The van der Waals surface area contributed by atoms with Gasteiger partial charge < -0.3 is 19.5 Å². The first-order valence-corrected chi connectivity index (χ1v) is 8.73. The summed E-state index contributed by atoms with van der Waals surface area (Å²) < 4.78 is 15.7. The summed E-state index contributed by atoms with van der Waals surface area (Å²) in [6.07, 6.45) is 0. The Kier molecular flexibility index (Phi) is 7.07. The summed E-state index contributed by atoms with van der Waals surface area (Å²) in [4.78, 5) is 24.2. The monoisotopic (exact) mass is 391 g/mol. The van der Waals surface area contributed by atoms with Gasteiger partial charge in [-0.1, -0.05) is 31.5 Å². The van der Waals surface area contributed by atoms with E-state index >= 15 is 0 Å². The number of nitrogens with one attached hydrogen (secondary N) is 1. The Morgan fingerprint density at radius 2 is 1.85 bits per heavy atom. The van der Waals surface area contributed by atoms with Crippen molar-refractivity contribution < 1.29 is 23.8 Å². The van der Waals surface area contributed by atoms with Gasteiger partial charge in [-0.3, -0.25) is 4.79 Å². The van der Waals surface area contributed by atoms with Crippen LogP contribution in [0.4, 0.5) is 5.69 Å². The molecule has 1 amide bonds. The van der Waals surface area contributed by atoms with Crippen LogP contribution in [0.25, 0.3) is 0 Å². The van der Waals surface area contributed by atoms with Gasteiger partial charge in [0, 0.05) is 11.3 Å². The highest BCUT2D eigenvalue weighted by molar-refractivity contribution is 6.32. The van der Waals surface area contributed by atoms with Crippen LogP contribution in [0.1, 0.15) is 34.6 Å². The fraction of sp³-hybridized carbons (Fsp3) is 0.300. The first-order valence-electron chi connectivity index (χ1n) is 8.35. The van der Waals surface area contributed by atoms with Gasteiger partial charge in [0.05, 0.1) is 31.4 Å². The Morgan fingerprint density at radius 3 is 2.48 bits per heavy atom. The van der Waals surface area contributed by atoms with Gasteiger partial charge in [-0.15, -0.1) is 0 Å². The molecule has 2 rings (SSSR count). The van der Waals surface area contributed by atoms with E-state index in [0.29, 0.717) is 40.8 Å². The van der Waals surface area contributed by atoms with E-state index in [1.54, 1.807) is 24.3 Å². The topological polar surface area (TPSA) is 73.9 Å². The standard InChI is InChI=1S/C20H22ClNO5/c1-12(2)11-27-18-16(21)9-14(10-17(18)25-3)19(23)22-15-7-5-6-13(8-15)20(24)26-4/h5-10,12H,11H2,1-4H3,(H,22,23). The van der Waals surface area contributed by atoms with Crippen LogP contribution in [-0.2, 0) is 4.74 Å². The van der Waals surface area contributed by atoms with Crippen molar-refractivity contribution in [1.29, 1.82) is 0 Å². The lowest BCUT2D eigenvalue weighted by molar-refractivity contribution is 0.0600. The number of esters is 1. The second-order valence-electron chi connectivity index (χ2n) is 6.22. The number of benzene rings is 2. The van der Waals surface area contributed by atoms with Gasteiger partial charge in [0.15, 0.2) is 11.5 Å². The zero-order chi connectivity index (χ0) is 20.0. The minimum absolute atomic E-state index is 0.281. The van der Waals surface area contributed by atoms with Crippen molar-refractivity contribution in [2.24, 2.45) is 5.92 Å². The Bertz CT molecular complexity index is 835. The van der Waals surface area contributed by atoms with E-state index in [1.807, 2.05) is 13.8 Å². The van der Waals surface area contributed by atoms with Crippen molar-refractivity contribution >= 4 is 29.2 Å². The molecule has 0 bridgehead atoms. The van der Waals surface area contributed by atoms with Crippen LogP contribution in [0.2, 0.25) is 5.02 Å². The molecule has 6 nitrogen and oxygen atoms in total. The van der Waals surface area contributed by atoms with E-state index < -0.39 is 11.9 Å². The zero-order valence-corrected chi connectivity index (χ0v) is 16.4. The molecule has 27 heavy (non-hydrogen) atoms. The number of rotatable bonds is 7. The summed E-state index contributed by atoms with van der Waals surface area (Å²) in [5, 5.41) is 3.01. The van der Waals surface area contributed by atoms with E-state index in [9.17, 15) is 9.59 Å². The zero-order valence-electron chi connectivity index (χ0n) is 15.7. The van der Waals surface area contributed by atoms with Crippen molar-refractivity contribution in [1.82, 2.24) is 0 Å². The van der Waals surface area contributed by atoms with Gasteiger partial charge in [-0.25, -0.2) is 4.79 Å². The first kappa shape index (κ1) is 20.6. The first-order chi connectivity index (χ1) is 12.8. The lowest BCUT2D eigenvalue weighted by atomic mass is 10.1. The molecule has 2 aromatic carbocycles. The number of carbonyl (C=O) groups is 2. The molecule has 7 heteroatoms. The van der Waals surface area contributed by atoms with E-state index in [-0.39, 0.29) is 5.02 Å². The number of anilines is 1. The van der Waals surface area contributed by atoms with Crippen LogP contribution in [0.3, 0.4) is 0 Å². The van der Waals surface area contributed by atoms with Crippen LogP contribution in [-0.4, -0.2) is 32.7 Å². The van der Waals surface area contributed by atoms with Crippen LogP contribution >= 0.6 is 11.6 Å². The van der Waals surface area contributed by atoms with Crippen molar-refractivity contribution in [3.63, 3.8) is 0 Å². The maximum atomic E-state index is 12.6. The third kappa shape index (κ3) is 5.37. The number of halogens is 1. The van der Waals surface area contributed by atoms with Gasteiger partial charge in [0.25, 0.3) is 5.91 Å². The molecule has 0 fully saturated rings. The van der Waals surface area contributed by atoms with Gasteiger partial charge in [0.1, 0.15) is 0 Å². The molecule has 2 aromatic rings. The second kappa shape index (κ2) is 9.28. The molecule has 0 spiro atoms. The Balaban J connectivity index is 2.24. The smallest absolute Gasteiger partial charge is 0.337 e. The molecule has 0 radical (unpaired) electrons. The molecule has 1 N–H and O–H groups in total. The van der Waals surface area contributed by atoms with Gasteiger partial charge >= 0.3 is 5.97 Å². The molecule has 0 unspecified atom stereocenters. The van der Waals surface area contributed by atoms with E-state index in [1.165, 1.54) is 26.4 Å². The fourth-order valence-electron chi connectivity index (χ4n) is 2.29. The number of hydrogen-bond acceptors (Lipinski definition) is 5. The Morgan fingerprint density at radius 1 is 1.11 bits per heavy atom. The van der Waals surface area contributed by atoms with Crippen molar-refractivity contribution in [3.8, 4) is 11.5 Å².